The van der Waals surface area contributed by atoms with Crippen LogP contribution in [0.3, 0.4) is 0 Å². The van der Waals surface area contributed by atoms with Gasteiger partial charge in [0.1, 0.15) is 11.8 Å². The summed E-state index contributed by atoms with van der Waals surface area (Å²) in [6, 6.07) is 3.02. The van der Waals surface area contributed by atoms with Crippen LogP contribution in [0, 0.1) is 11.8 Å². The van der Waals surface area contributed by atoms with Crippen molar-refractivity contribution in [1.29, 1.82) is 0 Å². The third kappa shape index (κ3) is 4.39. The molecule has 2 rings (SSSR count). The Kier molecular flexibility index (Phi) is 7.79. The van der Waals surface area contributed by atoms with E-state index in [0.29, 0.717) is 5.56 Å². The van der Waals surface area contributed by atoms with Crippen LogP contribution in [0.25, 0.3) is 0 Å². The Morgan fingerprint density at radius 3 is 1.60 bits per heavy atom. The SMILES string of the molecule is CCOC(=O)[C@H]1C(=O)CC(=O)[C@@H](C(=O)OCC)C1c1cc(OC)c(OC)c(OC)c1. The number of rotatable bonds is 8. The second-order valence-electron chi connectivity index (χ2n) is 6.55. The van der Waals surface area contributed by atoms with Crippen LogP contribution in [0.2, 0.25) is 0 Å². The average molecular weight is 422 g/mol. The van der Waals surface area contributed by atoms with E-state index in [1.54, 1.807) is 13.8 Å². The molecule has 0 saturated heterocycles. The lowest BCUT2D eigenvalue weighted by molar-refractivity contribution is -0.161. The molecule has 9 heteroatoms. The van der Waals surface area contributed by atoms with E-state index in [1.807, 2.05) is 0 Å². The van der Waals surface area contributed by atoms with Crippen LogP contribution in [0.4, 0.5) is 0 Å². The van der Waals surface area contributed by atoms with Crippen molar-refractivity contribution in [3.63, 3.8) is 0 Å². The highest BCUT2D eigenvalue weighted by atomic mass is 16.5. The Morgan fingerprint density at radius 1 is 0.833 bits per heavy atom. The lowest BCUT2D eigenvalue weighted by Gasteiger charge is -2.34. The van der Waals surface area contributed by atoms with Gasteiger partial charge in [0.2, 0.25) is 5.75 Å². The topological polar surface area (TPSA) is 114 Å². The zero-order valence-electron chi connectivity index (χ0n) is 17.7. The van der Waals surface area contributed by atoms with E-state index in [-0.39, 0.29) is 30.5 Å². The normalized spacial score (nSPS) is 21.0. The van der Waals surface area contributed by atoms with Crippen LogP contribution in [0.15, 0.2) is 12.1 Å². The third-order valence-electron chi connectivity index (χ3n) is 4.91. The van der Waals surface area contributed by atoms with Crippen molar-refractivity contribution in [2.75, 3.05) is 34.5 Å². The number of ketones is 2. The molecule has 164 valence electrons. The average Bonchev–Trinajstić information content (AvgIpc) is 2.72. The maximum Gasteiger partial charge on any atom is 0.317 e. The molecule has 0 spiro atoms. The minimum atomic E-state index is -1.35. The smallest absolute Gasteiger partial charge is 0.317 e. The highest BCUT2D eigenvalue weighted by molar-refractivity contribution is 6.17. The summed E-state index contributed by atoms with van der Waals surface area (Å²) in [5, 5.41) is 0. The Hall–Kier alpha value is -3.10. The Labute approximate surface area is 174 Å². The van der Waals surface area contributed by atoms with Gasteiger partial charge in [-0.05, 0) is 31.5 Å². The number of carbonyl (C=O) groups is 4. The summed E-state index contributed by atoms with van der Waals surface area (Å²) in [7, 11) is 4.24. The second kappa shape index (κ2) is 10.1. The first-order chi connectivity index (χ1) is 14.3. The van der Waals surface area contributed by atoms with Gasteiger partial charge < -0.3 is 23.7 Å². The maximum atomic E-state index is 12.7. The minimum absolute atomic E-state index is 0.0443. The summed E-state index contributed by atoms with van der Waals surface area (Å²) in [6.45, 7) is 3.30. The number of methoxy groups -OCH3 is 3. The molecule has 1 unspecified atom stereocenters. The number of hydrogen-bond acceptors (Lipinski definition) is 9. The van der Waals surface area contributed by atoms with Gasteiger partial charge in [-0.15, -0.1) is 0 Å². The fourth-order valence-electron chi connectivity index (χ4n) is 3.68. The molecule has 0 amide bonds. The quantitative estimate of drug-likeness (QED) is 0.456. The van der Waals surface area contributed by atoms with Gasteiger partial charge in [-0.2, -0.15) is 0 Å². The molecule has 30 heavy (non-hydrogen) atoms. The molecule has 0 N–H and O–H groups in total. The summed E-state index contributed by atoms with van der Waals surface area (Å²) in [5.74, 6) is -5.87. The standard InChI is InChI=1S/C21H26O9/c1-6-29-20(24)17-12(22)10-13(23)18(21(25)30-7-2)16(17)11-8-14(26-3)19(28-5)15(9-11)27-4/h8-9,16-18H,6-7,10H2,1-5H3/t16?,17-,18+. The van der Waals surface area contributed by atoms with Crippen LogP contribution in [-0.4, -0.2) is 58.0 Å². The van der Waals surface area contributed by atoms with Crippen LogP contribution < -0.4 is 14.2 Å². The predicted octanol–water partition coefficient (Wildman–Crippen LogP) is 1.70. The van der Waals surface area contributed by atoms with E-state index in [9.17, 15) is 19.2 Å². The zero-order chi connectivity index (χ0) is 22.4. The van der Waals surface area contributed by atoms with E-state index in [0.717, 1.165) is 0 Å². The highest BCUT2D eigenvalue weighted by Crippen LogP contribution is 2.46. The third-order valence-corrected chi connectivity index (χ3v) is 4.91. The fraction of sp³-hybridized carbons (Fsp3) is 0.524. The lowest BCUT2D eigenvalue weighted by atomic mass is 9.67. The van der Waals surface area contributed by atoms with Crippen molar-refractivity contribution >= 4 is 23.5 Å². The van der Waals surface area contributed by atoms with Crippen LogP contribution in [0.1, 0.15) is 31.7 Å². The molecule has 0 aromatic heterocycles. The van der Waals surface area contributed by atoms with Crippen LogP contribution >= 0.6 is 0 Å². The van der Waals surface area contributed by atoms with Gasteiger partial charge in [0.05, 0.1) is 41.0 Å². The monoisotopic (exact) mass is 422 g/mol. The first kappa shape index (κ1) is 23.2. The predicted molar refractivity (Wildman–Crippen MR) is 104 cm³/mol. The van der Waals surface area contributed by atoms with Crippen LogP contribution in [0.5, 0.6) is 17.2 Å². The maximum absolute atomic E-state index is 12.7. The van der Waals surface area contributed by atoms with E-state index in [4.69, 9.17) is 23.7 Å². The number of carbonyl (C=O) groups excluding carboxylic acids is 4. The number of ether oxygens (including phenoxy) is 5. The van der Waals surface area contributed by atoms with Crippen molar-refractivity contribution in [2.24, 2.45) is 11.8 Å². The van der Waals surface area contributed by atoms with Crippen molar-refractivity contribution in [1.82, 2.24) is 0 Å². The van der Waals surface area contributed by atoms with Gasteiger partial charge >= 0.3 is 11.9 Å². The van der Waals surface area contributed by atoms with E-state index in [1.165, 1.54) is 33.5 Å². The molecule has 1 aliphatic carbocycles. The Bertz CT molecular complexity index is 769. The summed E-state index contributed by atoms with van der Waals surface area (Å²) >= 11 is 0. The lowest BCUT2D eigenvalue weighted by Crippen LogP contribution is -2.47. The molecule has 1 aliphatic rings. The first-order valence-corrected chi connectivity index (χ1v) is 9.53. The van der Waals surface area contributed by atoms with E-state index < -0.39 is 47.7 Å². The summed E-state index contributed by atoms with van der Waals surface area (Å²) in [6.07, 6.45) is -0.548. The van der Waals surface area contributed by atoms with Gasteiger partial charge in [-0.25, -0.2) is 0 Å². The zero-order valence-corrected chi connectivity index (χ0v) is 17.7. The molecule has 1 saturated carbocycles. The van der Waals surface area contributed by atoms with Crippen molar-refractivity contribution in [2.45, 2.75) is 26.2 Å². The second-order valence-corrected chi connectivity index (χ2v) is 6.55. The first-order valence-electron chi connectivity index (χ1n) is 9.53. The molecule has 0 bridgehead atoms. The van der Waals surface area contributed by atoms with Crippen molar-refractivity contribution in [3.8, 4) is 17.2 Å². The summed E-state index contributed by atoms with van der Waals surface area (Å²) in [5.41, 5.74) is 0.321. The van der Waals surface area contributed by atoms with Gasteiger partial charge in [-0.3, -0.25) is 19.2 Å². The number of esters is 2. The summed E-state index contributed by atoms with van der Waals surface area (Å²) in [4.78, 5) is 50.7. The van der Waals surface area contributed by atoms with Gasteiger partial charge in [-0.1, -0.05) is 0 Å². The summed E-state index contributed by atoms with van der Waals surface area (Å²) < 4.78 is 26.1. The van der Waals surface area contributed by atoms with Crippen LogP contribution in [-0.2, 0) is 28.7 Å². The van der Waals surface area contributed by atoms with Gasteiger partial charge in [0, 0.05) is 5.92 Å². The Balaban J connectivity index is 2.73. The molecule has 1 fully saturated rings. The van der Waals surface area contributed by atoms with Crippen molar-refractivity contribution in [3.05, 3.63) is 17.7 Å². The molecule has 0 heterocycles. The molecule has 1 aromatic rings. The van der Waals surface area contributed by atoms with E-state index >= 15 is 0 Å². The number of hydrogen-bond donors (Lipinski definition) is 0. The largest absolute Gasteiger partial charge is 0.493 e. The molecular formula is C21H26O9. The van der Waals surface area contributed by atoms with Crippen molar-refractivity contribution < 1.29 is 42.9 Å². The highest BCUT2D eigenvalue weighted by Gasteiger charge is 2.52. The molecular weight excluding hydrogens is 396 g/mol. The molecule has 0 radical (unpaired) electrons. The Morgan fingerprint density at radius 2 is 1.27 bits per heavy atom. The molecule has 3 atom stereocenters. The number of Topliss-reactive ketones (excluding diaryl/α,β-unsaturated/α-hetero) is 2. The van der Waals surface area contributed by atoms with Gasteiger partial charge in [0.25, 0.3) is 0 Å². The minimum Gasteiger partial charge on any atom is -0.493 e. The van der Waals surface area contributed by atoms with Gasteiger partial charge in [0.15, 0.2) is 23.1 Å². The molecule has 1 aromatic carbocycles. The molecule has 0 aliphatic heterocycles. The van der Waals surface area contributed by atoms with E-state index in [2.05, 4.69) is 0 Å². The number of benzene rings is 1. The fourth-order valence-corrected chi connectivity index (χ4v) is 3.68. The molecule has 9 nitrogen and oxygen atoms in total.